The molecule has 0 aliphatic heterocycles. The molecule has 6 rings (SSSR count). The number of H-pyrrole nitrogens is 2. The Hall–Kier alpha value is -5.23. The van der Waals surface area contributed by atoms with Crippen LogP contribution in [-0.4, -0.2) is 73.2 Å². The number of nitrogens with zero attached hydrogens (tertiary/aromatic N) is 6. The quantitative estimate of drug-likeness (QED) is 0.195. The number of aromatic nitrogens is 7. The van der Waals surface area contributed by atoms with E-state index >= 15 is 0 Å². The molecule has 0 saturated heterocycles. The number of nitrogens with one attached hydrogen (secondary N) is 3. The van der Waals surface area contributed by atoms with Gasteiger partial charge < -0.3 is 19.9 Å². The van der Waals surface area contributed by atoms with Gasteiger partial charge in [-0.25, -0.2) is 14.4 Å². The lowest BCUT2D eigenvalue weighted by atomic mass is 10.1. The zero-order valence-electron chi connectivity index (χ0n) is 24.0. The number of ether oxygens (including phenoxy) is 1. The zero-order valence-corrected chi connectivity index (χ0v) is 24.0. The smallest absolute Gasteiger partial charge is 0.224 e. The summed E-state index contributed by atoms with van der Waals surface area (Å²) in [5, 5.41) is 10.4. The Kier molecular flexibility index (Phi) is 7.75. The molecular weight excluding hydrogens is 549 g/mol. The van der Waals surface area contributed by atoms with Gasteiger partial charge in [-0.05, 0) is 56.4 Å². The zero-order chi connectivity index (χ0) is 29.9. The molecule has 0 radical (unpaired) electrons. The molecule has 0 bridgehead atoms. The minimum Gasteiger partial charge on any atom is -0.492 e. The molecule has 1 amide bonds. The molecule has 0 aliphatic carbocycles. The van der Waals surface area contributed by atoms with Crippen LogP contribution in [0.1, 0.15) is 19.8 Å². The maximum absolute atomic E-state index is 14.6. The van der Waals surface area contributed by atoms with Gasteiger partial charge in [0, 0.05) is 42.6 Å². The molecule has 11 nitrogen and oxygen atoms in total. The second kappa shape index (κ2) is 11.9. The van der Waals surface area contributed by atoms with E-state index in [1.165, 1.54) is 12.1 Å². The van der Waals surface area contributed by atoms with E-state index in [4.69, 9.17) is 14.7 Å². The van der Waals surface area contributed by atoms with Crippen LogP contribution in [0.3, 0.4) is 0 Å². The van der Waals surface area contributed by atoms with Crippen molar-refractivity contribution in [2.45, 2.75) is 19.8 Å². The molecular formula is C31H30FN9O2. The molecule has 218 valence electrons. The van der Waals surface area contributed by atoms with Gasteiger partial charge in [0.1, 0.15) is 23.7 Å². The Labute approximate surface area is 246 Å². The van der Waals surface area contributed by atoms with E-state index < -0.39 is 5.82 Å². The van der Waals surface area contributed by atoms with Crippen LogP contribution in [0.2, 0.25) is 0 Å². The summed E-state index contributed by atoms with van der Waals surface area (Å²) in [7, 11) is 3.90. The summed E-state index contributed by atoms with van der Waals surface area (Å²) < 4.78 is 20.4. The number of rotatable bonds is 10. The first-order chi connectivity index (χ1) is 20.9. The number of amides is 1. The Morgan fingerprint density at radius 2 is 1.84 bits per heavy atom. The highest BCUT2D eigenvalue weighted by atomic mass is 19.1. The van der Waals surface area contributed by atoms with Crippen molar-refractivity contribution in [2.24, 2.45) is 0 Å². The van der Waals surface area contributed by atoms with Crippen molar-refractivity contribution in [3.8, 4) is 39.7 Å². The molecule has 5 aromatic heterocycles. The summed E-state index contributed by atoms with van der Waals surface area (Å²) in [5.41, 5.74) is 6.39. The number of hydrogen-bond donors (Lipinski definition) is 3. The van der Waals surface area contributed by atoms with Crippen molar-refractivity contribution >= 4 is 33.7 Å². The molecule has 1 aromatic carbocycles. The molecule has 43 heavy (non-hydrogen) atoms. The number of aromatic amines is 2. The summed E-state index contributed by atoms with van der Waals surface area (Å²) in [6.07, 6.45) is 7.82. The van der Waals surface area contributed by atoms with Gasteiger partial charge in [-0.15, -0.1) is 0 Å². The van der Waals surface area contributed by atoms with Crippen LogP contribution in [0, 0.1) is 5.82 Å². The van der Waals surface area contributed by atoms with Crippen LogP contribution >= 0.6 is 0 Å². The summed E-state index contributed by atoms with van der Waals surface area (Å²) in [6.45, 7) is 3.09. The average molecular weight is 580 g/mol. The summed E-state index contributed by atoms with van der Waals surface area (Å²) in [4.78, 5) is 35.7. The number of carbonyl (C=O) groups excluding carboxylic acids is 1. The van der Waals surface area contributed by atoms with Gasteiger partial charge in [0.15, 0.2) is 11.5 Å². The standard InChI is InChI=1S/C31H30FN9O2/c1-4-5-27(42)35-21-11-19(14-33-15-21)24-6-7-25-29(36-24)30(40-39-25)31-37-26-17-34-16-23(28(26)38-31)18-10-20(32)13-22(12-18)43-9-8-41(2)3/h6-7,10-17H,4-5,8-9H2,1-3H3,(H,35,42)(H,37,38)(H,39,40). The lowest BCUT2D eigenvalue weighted by Gasteiger charge is -2.12. The monoisotopic (exact) mass is 579 g/mol. The third-order valence-electron chi connectivity index (χ3n) is 6.81. The van der Waals surface area contributed by atoms with E-state index in [0.717, 1.165) is 17.5 Å². The molecule has 3 N–H and O–H groups in total. The lowest BCUT2D eigenvalue weighted by Crippen LogP contribution is -2.19. The van der Waals surface area contributed by atoms with Gasteiger partial charge in [-0.1, -0.05) is 6.92 Å². The SMILES string of the molecule is CCCC(=O)Nc1cncc(-c2ccc3[nH]nc(-c4nc5c(-c6cc(F)cc(OCCN(C)C)c6)cncc5[nH]4)c3n2)c1. The van der Waals surface area contributed by atoms with E-state index in [1.807, 2.05) is 44.1 Å². The van der Waals surface area contributed by atoms with Crippen molar-refractivity contribution in [1.82, 2.24) is 40.0 Å². The van der Waals surface area contributed by atoms with Gasteiger partial charge >= 0.3 is 0 Å². The first-order valence-electron chi connectivity index (χ1n) is 13.9. The maximum Gasteiger partial charge on any atom is 0.224 e. The van der Waals surface area contributed by atoms with Gasteiger partial charge in [-0.3, -0.25) is 19.9 Å². The highest BCUT2D eigenvalue weighted by molar-refractivity contribution is 5.96. The number of imidazole rings is 1. The number of carbonyl (C=O) groups is 1. The Bertz CT molecular complexity index is 1930. The maximum atomic E-state index is 14.6. The Morgan fingerprint density at radius 1 is 0.977 bits per heavy atom. The fourth-order valence-corrected chi connectivity index (χ4v) is 4.73. The summed E-state index contributed by atoms with van der Waals surface area (Å²) in [5.74, 6) is 0.441. The number of benzene rings is 1. The van der Waals surface area contributed by atoms with Crippen molar-refractivity contribution in [3.63, 3.8) is 0 Å². The first kappa shape index (κ1) is 27.9. The van der Waals surface area contributed by atoms with Crippen molar-refractivity contribution in [1.29, 1.82) is 0 Å². The first-order valence-corrected chi connectivity index (χ1v) is 13.9. The van der Waals surface area contributed by atoms with Crippen molar-refractivity contribution in [3.05, 3.63) is 67.0 Å². The van der Waals surface area contributed by atoms with Crippen LogP contribution in [0.25, 0.3) is 56.0 Å². The van der Waals surface area contributed by atoms with Crippen LogP contribution in [0.15, 0.2) is 61.2 Å². The van der Waals surface area contributed by atoms with Crippen LogP contribution < -0.4 is 10.1 Å². The van der Waals surface area contributed by atoms with E-state index in [0.29, 0.717) is 75.9 Å². The second-order valence-electron chi connectivity index (χ2n) is 10.4. The second-order valence-corrected chi connectivity index (χ2v) is 10.4. The van der Waals surface area contributed by atoms with Crippen molar-refractivity contribution < 1.29 is 13.9 Å². The number of fused-ring (bicyclic) bond motifs is 2. The lowest BCUT2D eigenvalue weighted by molar-refractivity contribution is -0.116. The van der Waals surface area contributed by atoms with Crippen molar-refractivity contribution in [2.75, 3.05) is 32.6 Å². The number of pyridine rings is 3. The molecule has 0 saturated carbocycles. The minimum atomic E-state index is -0.413. The largest absolute Gasteiger partial charge is 0.492 e. The molecule has 12 heteroatoms. The highest BCUT2D eigenvalue weighted by Crippen LogP contribution is 2.33. The fraction of sp³-hybridized carbons (Fsp3) is 0.226. The summed E-state index contributed by atoms with van der Waals surface area (Å²) in [6, 6.07) is 10.2. The molecule has 6 aromatic rings. The molecule has 0 atom stereocenters. The van der Waals surface area contributed by atoms with Gasteiger partial charge in [-0.2, -0.15) is 5.10 Å². The van der Waals surface area contributed by atoms with Gasteiger partial charge in [0.25, 0.3) is 0 Å². The van der Waals surface area contributed by atoms with Gasteiger partial charge in [0.05, 0.1) is 40.3 Å². The third-order valence-corrected chi connectivity index (χ3v) is 6.81. The highest BCUT2D eigenvalue weighted by Gasteiger charge is 2.18. The molecule has 5 heterocycles. The minimum absolute atomic E-state index is 0.0629. The van der Waals surface area contributed by atoms with E-state index in [2.05, 4.69) is 30.5 Å². The van der Waals surface area contributed by atoms with E-state index in [-0.39, 0.29) is 5.91 Å². The third kappa shape index (κ3) is 6.04. The predicted molar refractivity (Wildman–Crippen MR) is 163 cm³/mol. The predicted octanol–water partition coefficient (Wildman–Crippen LogP) is 5.44. The number of halogens is 1. The number of anilines is 1. The molecule has 0 aliphatic rings. The van der Waals surface area contributed by atoms with E-state index in [9.17, 15) is 9.18 Å². The molecule has 0 fully saturated rings. The Morgan fingerprint density at radius 3 is 2.67 bits per heavy atom. The van der Waals surface area contributed by atoms with Gasteiger partial charge in [0.2, 0.25) is 5.91 Å². The normalized spacial score (nSPS) is 11.5. The molecule has 0 spiro atoms. The van der Waals surface area contributed by atoms with E-state index in [1.54, 1.807) is 30.9 Å². The van der Waals surface area contributed by atoms with Crippen LogP contribution in [0.4, 0.5) is 10.1 Å². The number of likely N-dealkylation sites (N-methyl/N-ethyl adjacent to an activating group) is 1. The van der Waals surface area contributed by atoms with Crippen LogP contribution in [-0.2, 0) is 4.79 Å². The van der Waals surface area contributed by atoms with Crippen LogP contribution in [0.5, 0.6) is 5.75 Å². The fourth-order valence-electron chi connectivity index (χ4n) is 4.73. The Balaban J connectivity index is 1.35. The topological polar surface area (TPSA) is 138 Å². The average Bonchev–Trinajstić information content (AvgIpc) is 3.60. The molecule has 0 unspecified atom stereocenters. The summed E-state index contributed by atoms with van der Waals surface area (Å²) >= 11 is 0. The number of hydrogen-bond acceptors (Lipinski definition) is 8.